The minimum Gasteiger partial charge on any atom is -0.391 e. The fraction of sp³-hybridized carbons (Fsp3) is 0.500. The zero-order valence-electron chi connectivity index (χ0n) is 11.3. The number of aliphatic hydroxyl groups excluding tert-OH is 1. The van der Waals surface area contributed by atoms with Gasteiger partial charge in [-0.2, -0.15) is 0 Å². The Hall–Kier alpha value is -1.10. The van der Waals surface area contributed by atoms with Crippen LogP contribution in [0.25, 0.3) is 0 Å². The molecule has 1 amide bonds. The third-order valence-electron chi connectivity index (χ3n) is 3.47. The van der Waals surface area contributed by atoms with Gasteiger partial charge in [-0.05, 0) is 25.5 Å². The maximum atomic E-state index is 12.1. The first-order valence-electron chi connectivity index (χ1n) is 6.32. The molecule has 3 N–H and O–H groups in total. The van der Waals surface area contributed by atoms with Crippen molar-refractivity contribution in [2.45, 2.75) is 20.0 Å². The van der Waals surface area contributed by atoms with Crippen LogP contribution in [0.15, 0.2) is 18.2 Å². The number of aliphatic hydroxyl groups is 1. The minimum absolute atomic E-state index is 0. The number of aryl methyl sites for hydroxylation is 2. The van der Waals surface area contributed by atoms with Crippen LogP contribution in [-0.4, -0.2) is 36.8 Å². The molecule has 2 rings (SSSR count). The molecule has 1 heterocycles. The Morgan fingerprint density at radius 2 is 2.16 bits per heavy atom. The number of halogens is 1. The van der Waals surface area contributed by atoms with E-state index in [1.807, 2.05) is 32.0 Å². The summed E-state index contributed by atoms with van der Waals surface area (Å²) >= 11 is 0. The molecular weight excluding hydrogens is 264 g/mol. The molecule has 1 aliphatic rings. The summed E-state index contributed by atoms with van der Waals surface area (Å²) in [6.45, 7) is 5.79. The molecule has 1 aromatic rings. The van der Waals surface area contributed by atoms with Crippen molar-refractivity contribution in [2.75, 3.05) is 19.6 Å². The van der Waals surface area contributed by atoms with Gasteiger partial charge in [0.25, 0.3) is 5.91 Å². The molecule has 0 bridgehead atoms. The molecule has 2 atom stereocenters. The van der Waals surface area contributed by atoms with Gasteiger partial charge in [-0.25, -0.2) is 0 Å². The number of benzene rings is 1. The van der Waals surface area contributed by atoms with E-state index < -0.39 is 0 Å². The molecule has 0 aliphatic carbocycles. The second-order valence-electron chi connectivity index (χ2n) is 5.01. The first kappa shape index (κ1) is 16.0. The Labute approximate surface area is 120 Å². The van der Waals surface area contributed by atoms with E-state index in [1.54, 1.807) is 0 Å². The van der Waals surface area contributed by atoms with E-state index in [-0.39, 0.29) is 30.3 Å². The van der Waals surface area contributed by atoms with Crippen molar-refractivity contribution in [3.05, 3.63) is 34.9 Å². The predicted octanol–water partition coefficient (Wildman–Crippen LogP) is 1.04. The zero-order chi connectivity index (χ0) is 13.1. The van der Waals surface area contributed by atoms with Crippen molar-refractivity contribution < 1.29 is 9.90 Å². The largest absolute Gasteiger partial charge is 0.391 e. The SMILES string of the molecule is Cc1ccc(C)c(C(=O)NCC2CNCC2O)c1.Cl. The number of β-amino-alcohol motifs (C(OH)–C–C–N with tert-alkyl or cyclic N) is 1. The first-order valence-corrected chi connectivity index (χ1v) is 6.32. The normalized spacial score (nSPS) is 21.8. The molecular formula is C14H21ClN2O2. The van der Waals surface area contributed by atoms with E-state index in [2.05, 4.69) is 10.6 Å². The number of nitrogens with one attached hydrogen (secondary N) is 2. The second kappa shape index (κ2) is 6.89. The Kier molecular flexibility index (Phi) is 5.79. The van der Waals surface area contributed by atoms with Crippen molar-refractivity contribution in [2.24, 2.45) is 5.92 Å². The molecule has 1 saturated heterocycles. The fourth-order valence-electron chi connectivity index (χ4n) is 2.23. The molecule has 19 heavy (non-hydrogen) atoms. The molecule has 5 heteroatoms. The predicted molar refractivity (Wildman–Crippen MR) is 77.9 cm³/mol. The Morgan fingerprint density at radius 1 is 1.42 bits per heavy atom. The molecule has 0 radical (unpaired) electrons. The average Bonchev–Trinajstić information content (AvgIpc) is 2.75. The van der Waals surface area contributed by atoms with Gasteiger partial charge in [-0.1, -0.05) is 17.7 Å². The van der Waals surface area contributed by atoms with Crippen LogP contribution in [0.3, 0.4) is 0 Å². The van der Waals surface area contributed by atoms with Crippen molar-refractivity contribution in [1.29, 1.82) is 0 Å². The Balaban J connectivity index is 0.00000180. The first-order chi connectivity index (χ1) is 8.58. The lowest BCUT2D eigenvalue weighted by molar-refractivity contribution is 0.0926. The van der Waals surface area contributed by atoms with E-state index in [4.69, 9.17) is 0 Å². The van der Waals surface area contributed by atoms with Gasteiger partial charge in [0.1, 0.15) is 0 Å². The van der Waals surface area contributed by atoms with Crippen LogP contribution < -0.4 is 10.6 Å². The van der Waals surface area contributed by atoms with E-state index in [0.717, 1.165) is 23.2 Å². The third-order valence-corrected chi connectivity index (χ3v) is 3.47. The van der Waals surface area contributed by atoms with Gasteiger partial charge in [0, 0.05) is 31.1 Å². The van der Waals surface area contributed by atoms with Crippen molar-refractivity contribution >= 4 is 18.3 Å². The number of hydrogen-bond donors (Lipinski definition) is 3. The highest BCUT2D eigenvalue weighted by atomic mass is 35.5. The van der Waals surface area contributed by atoms with Gasteiger partial charge in [0.15, 0.2) is 0 Å². The van der Waals surface area contributed by atoms with Crippen molar-refractivity contribution in [1.82, 2.24) is 10.6 Å². The molecule has 2 unspecified atom stereocenters. The summed E-state index contributed by atoms with van der Waals surface area (Å²) in [5.41, 5.74) is 2.77. The second-order valence-corrected chi connectivity index (χ2v) is 5.01. The van der Waals surface area contributed by atoms with Crippen LogP contribution in [0, 0.1) is 19.8 Å². The topological polar surface area (TPSA) is 61.4 Å². The molecule has 0 spiro atoms. The monoisotopic (exact) mass is 284 g/mol. The van der Waals surface area contributed by atoms with Crippen LogP contribution in [0.1, 0.15) is 21.5 Å². The standard InChI is InChI=1S/C14H20N2O2.ClH/c1-9-3-4-10(2)12(5-9)14(18)16-7-11-6-15-8-13(11)17;/h3-5,11,13,15,17H,6-8H2,1-2H3,(H,16,18);1H. The highest BCUT2D eigenvalue weighted by Gasteiger charge is 2.25. The van der Waals surface area contributed by atoms with Gasteiger partial charge in [0.05, 0.1) is 6.10 Å². The maximum absolute atomic E-state index is 12.1. The molecule has 1 aromatic carbocycles. The van der Waals surface area contributed by atoms with Crippen LogP contribution in [0.4, 0.5) is 0 Å². The summed E-state index contributed by atoms with van der Waals surface area (Å²) in [5.74, 6) is 0.0503. The van der Waals surface area contributed by atoms with Gasteiger partial charge in [-0.3, -0.25) is 4.79 Å². The third kappa shape index (κ3) is 3.93. The Morgan fingerprint density at radius 3 is 2.79 bits per heavy atom. The summed E-state index contributed by atoms with van der Waals surface area (Å²) in [6, 6.07) is 5.85. The molecule has 106 valence electrons. The highest BCUT2D eigenvalue weighted by Crippen LogP contribution is 2.12. The number of carbonyl (C=O) groups excluding carboxylic acids is 1. The lowest BCUT2D eigenvalue weighted by atomic mass is 10.0. The summed E-state index contributed by atoms with van der Waals surface area (Å²) in [7, 11) is 0. The Bertz CT molecular complexity index is 451. The number of carbonyl (C=O) groups is 1. The summed E-state index contributed by atoms with van der Waals surface area (Å²) < 4.78 is 0. The summed E-state index contributed by atoms with van der Waals surface area (Å²) in [6.07, 6.45) is -0.357. The smallest absolute Gasteiger partial charge is 0.251 e. The van der Waals surface area contributed by atoms with E-state index >= 15 is 0 Å². The summed E-state index contributed by atoms with van der Waals surface area (Å²) in [5, 5.41) is 15.7. The number of amides is 1. The molecule has 1 fully saturated rings. The van der Waals surface area contributed by atoms with Gasteiger partial charge >= 0.3 is 0 Å². The molecule has 0 aromatic heterocycles. The van der Waals surface area contributed by atoms with Crippen LogP contribution in [0.2, 0.25) is 0 Å². The minimum atomic E-state index is -0.357. The zero-order valence-corrected chi connectivity index (χ0v) is 12.1. The van der Waals surface area contributed by atoms with Crippen LogP contribution in [-0.2, 0) is 0 Å². The van der Waals surface area contributed by atoms with Gasteiger partial charge in [-0.15, -0.1) is 12.4 Å². The van der Waals surface area contributed by atoms with E-state index in [0.29, 0.717) is 13.1 Å². The fourth-order valence-corrected chi connectivity index (χ4v) is 2.23. The van der Waals surface area contributed by atoms with Gasteiger partial charge < -0.3 is 15.7 Å². The van der Waals surface area contributed by atoms with E-state index in [9.17, 15) is 9.90 Å². The van der Waals surface area contributed by atoms with Crippen molar-refractivity contribution in [3.8, 4) is 0 Å². The molecule has 1 aliphatic heterocycles. The number of rotatable bonds is 3. The van der Waals surface area contributed by atoms with E-state index in [1.165, 1.54) is 0 Å². The average molecular weight is 285 g/mol. The molecule has 0 saturated carbocycles. The quantitative estimate of drug-likeness (QED) is 0.777. The van der Waals surface area contributed by atoms with Crippen molar-refractivity contribution in [3.63, 3.8) is 0 Å². The highest BCUT2D eigenvalue weighted by molar-refractivity contribution is 5.95. The van der Waals surface area contributed by atoms with Crippen LogP contribution >= 0.6 is 12.4 Å². The number of hydrogen-bond acceptors (Lipinski definition) is 3. The van der Waals surface area contributed by atoms with Gasteiger partial charge in [0.2, 0.25) is 0 Å². The van der Waals surface area contributed by atoms with Crippen LogP contribution in [0.5, 0.6) is 0 Å². The maximum Gasteiger partial charge on any atom is 0.251 e. The lowest BCUT2D eigenvalue weighted by Crippen LogP contribution is -2.34. The molecule has 4 nitrogen and oxygen atoms in total. The summed E-state index contributed by atoms with van der Waals surface area (Å²) in [4.78, 5) is 12.1. The lowest BCUT2D eigenvalue weighted by Gasteiger charge is -2.15.